The normalized spacial score (nSPS) is 10.7. The molecule has 2 N–H and O–H groups in total. The third-order valence-corrected chi connectivity index (χ3v) is 1.38. The molecule has 0 rings (SSSR count). The Bertz CT molecular complexity index is 87.8. The summed E-state index contributed by atoms with van der Waals surface area (Å²) in [6.45, 7) is 0. The van der Waals surface area contributed by atoms with Crippen LogP contribution in [0.3, 0.4) is 0 Å². The van der Waals surface area contributed by atoms with Gasteiger partial charge < -0.3 is 15.3 Å². The van der Waals surface area contributed by atoms with E-state index in [0.717, 1.165) is 12.6 Å². The van der Waals surface area contributed by atoms with Crippen molar-refractivity contribution < 1.29 is 9.59 Å². The van der Waals surface area contributed by atoms with Crippen LogP contribution >= 0.6 is 15.9 Å². The molecule has 0 fully saturated rings. The lowest BCUT2D eigenvalue weighted by Gasteiger charge is -1.92. The molecule has 0 saturated carbocycles. The number of halogens is 1. The zero-order valence-electron chi connectivity index (χ0n) is 5.92. The van der Waals surface area contributed by atoms with Crippen LogP contribution in [0.2, 0.25) is 0 Å². The predicted octanol–water partition coefficient (Wildman–Crippen LogP) is 0.503. The van der Waals surface area contributed by atoms with Gasteiger partial charge >= 0.3 is 0 Å². The molecule has 1 atom stereocenters. The van der Waals surface area contributed by atoms with E-state index in [4.69, 9.17) is 0 Å². The number of rotatable bonds is 4. The maximum Gasteiger partial charge on any atom is 0.133 e. The van der Waals surface area contributed by atoms with Crippen molar-refractivity contribution in [3.63, 3.8) is 0 Å². The molecule has 0 amide bonds. The van der Waals surface area contributed by atoms with Crippen LogP contribution in [0.1, 0.15) is 12.8 Å². The van der Waals surface area contributed by atoms with E-state index in [1.54, 1.807) is 0 Å². The highest BCUT2D eigenvalue weighted by atomic mass is 79.9. The average Bonchev–Trinajstić information content (AvgIpc) is 2.04. The van der Waals surface area contributed by atoms with E-state index in [2.05, 4.69) is 21.7 Å². The van der Waals surface area contributed by atoms with Crippen LogP contribution in [0.4, 0.5) is 0 Å². The van der Waals surface area contributed by atoms with Crippen molar-refractivity contribution in [2.45, 2.75) is 17.7 Å². The van der Waals surface area contributed by atoms with Gasteiger partial charge in [-0.1, -0.05) is 15.9 Å². The van der Waals surface area contributed by atoms with Gasteiger partial charge in [0.15, 0.2) is 0 Å². The molecule has 0 bridgehead atoms. The van der Waals surface area contributed by atoms with Crippen LogP contribution in [0.5, 0.6) is 0 Å². The van der Waals surface area contributed by atoms with Crippen LogP contribution < -0.4 is 5.73 Å². The van der Waals surface area contributed by atoms with E-state index in [0.29, 0.717) is 12.8 Å². The van der Waals surface area contributed by atoms with Gasteiger partial charge in [0.1, 0.15) is 12.6 Å². The Kier molecular flexibility index (Phi) is 14.4. The molecule has 0 aromatic heterocycles. The molecule has 0 heterocycles. The quantitative estimate of drug-likeness (QED) is 0.543. The van der Waals surface area contributed by atoms with E-state index in [1.807, 2.05) is 0 Å². The Labute approximate surface area is 69.1 Å². The largest absolute Gasteiger partial charge is 0.333 e. The highest BCUT2D eigenvalue weighted by Crippen LogP contribution is 2.01. The second-order valence-corrected chi connectivity index (χ2v) is 2.57. The van der Waals surface area contributed by atoms with E-state index >= 15 is 0 Å². The summed E-state index contributed by atoms with van der Waals surface area (Å²) in [6.07, 6.45) is 2.64. The Morgan fingerprint density at radius 1 is 1.50 bits per heavy atom. The number of hydrogen-bond donors (Lipinski definition) is 1. The van der Waals surface area contributed by atoms with Crippen molar-refractivity contribution in [1.29, 1.82) is 0 Å². The highest BCUT2D eigenvalue weighted by Gasteiger charge is 1.97. The zero-order valence-corrected chi connectivity index (χ0v) is 7.50. The lowest BCUT2D eigenvalue weighted by atomic mass is 10.3. The molecule has 0 aromatic carbocycles. The lowest BCUT2D eigenvalue weighted by molar-refractivity contribution is -0.108. The molecule has 60 valence electrons. The Hall–Kier alpha value is -0.220. The number of alkyl halides is 1. The second-order valence-electron chi connectivity index (χ2n) is 1.40. The molecule has 0 aliphatic heterocycles. The van der Waals surface area contributed by atoms with E-state index in [9.17, 15) is 9.59 Å². The van der Waals surface area contributed by atoms with Crippen molar-refractivity contribution in [2.75, 3.05) is 7.05 Å². The molecule has 0 aromatic rings. The number of carbonyl (C=O) groups excluding carboxylic acids is 2. The van der Waals surface area contributed by atoms with Crippen molar-refractivity contribution >= 4 is 28.5 Å². The Morgan fingerprint density at radius 2 is 2.00 bits per heavy atom. The first kappa shape index (κ1) is 12.5. The number of hydrogen-bond acceptors (Lipinski definition) is 3. The molecule has 0 radical (unpaired) electrons. The minimum atomic E-state index is -0.146. The topological polar surface area (TPSA) is 60.2 Å². The molecule has 0 aliphatic carbocycles. The van der Waals surface area contributed by atoms with Crippen LogP contribution in [0.15, 0.2) is 0 Å². The van der Waals surface area contributed by atoms with Gasteiger partial charge in [0, 0.05) is 6.42 Å². The third kappa shape index (κ3) is 10.7. The average molecular weight is 210 g/mol. The van der Waals surface area contributed by atoms with Gasteiger partial charge in [0.25, 0.3) is 0 Å². The predicted molar refractivity (Wildman–Crippen MR) is 44.2 cm³/mol. The van der Waals surface area contributed by atoms with Gasteiger partial charge in [0.2, 0.25) is 0 Å². The first-order chi connectivity index (χ1) is 4.81. The fourth-order valence-electron chi connectivity index (χ4n) is 0.295. The van der Waals surface area contributed by atoms with Gasteiger partial charge in [-0.3, -0.25) is 0 Å². The minimum absolute atomic E-state index is 0.146. The summed E-state index contributed by atoms with van der Waals surface area (Å²) in [5.74, 6) is 0. The van der Waals surface area contributed by atoms with Crippen molar-refractivity contribution in [3.05, 3.63) is 0 Å². The molecule has 0 aliphatic rings. The Morgan fingerprint density at radius 3 is 2.30 bits per heavy atom. The van der Waals surface area contributed by atoms with Gasteiger partial charge in [-0.05, 0) is 13.5 Å². The zero-order chi connectivity index (χ0) is 8.41. The summed E-state index contributed by atoms with van der Waals surface area (Å²) >= 11 is 3.05. The summed E-state index contributed by atoms with van der Waals surface area (Å²) in [4.78, 5) is 19.4. The summed E-state index contributed by atoms with van der Waals surface area (Å²) in [5, 5.41) is 0. The first-order valence-electron chi connectivity index (χ1n) is 2.92. The molecule has 3 nitrogen and oxygen atoms in total. The second kappa shape index (κ2) is 11.6. The smallest absolute Gasteiger partial charge is 0.133 e. The molecule has 1 unspecified atom stereocenters. The van der Waals surface area contributed by atoms with Crippen LogP contribution in [0, 0.1) is 0 Å². The van der Waals surface area contributed by atoms with Crippen LogP contribution in [-0.4, -0.2) is 24.4 Å². The highest BCUT2D eigenvalue weighted by molar-refractivity contribution is 9.09. The van der Waals surface area contributed by atoms with Crippen molar-refractivity contribution in [3.8, 4) is 0 Å². The summed E-state index contributed by atoms with van der Waals surface area (Å²) in [5.41, 5.74) is 4.50. The van der Waals surface area contributed by atoms with Gasteiger partial charge in [0.05, 0.1) is 4.83 Å². The standard InChI is InChI=1S/C5H7BrO2.CH5N/c6-5(4-8)2-1-3-7;1-2/h3-5H,1-2H2;2H2,1H3. The fourth-order valence-corrected chi connectivity index (χ4v) is 0.560. The van der Waals surface area contributed by atoms with Gasteiger partial charge in [-0.2, -0.15) is 0 Å². The summed E-state index contributed by atoms with van der Waals surface area (Å²) < 4.78 is 0. The van der Waals surface area contributed by atoms with E-state index in [-0.39, 0.29) is 4.83 Å². The molecule has 0 saturated heterocycles. The number of nitrogens with two attached hydrogens (primary N) is 1. The maximum absolute atomic E-state index is 9.85. The molecular formula is C6H12BrNO2. The van der Waals surface area contributed by atoms with Gasteiger partial charge in [-0.15, -0.1) is 0 Å². The SMILES string of the molecule is CN.O=CCCC(Br)C=O. The Balaban J connectivity index is 0. The third-order valence-electron chi connectivity index (χ3n) is 0.708. The molecular weight excluding hydrogens is 198 g/mol. The molecule has 4 heteroatoms. The summed E-state index contributed by atoms with van der Waals surface area (Å²) in [6, 6.07) is 0. The van der Waals surface area contributed by atoms with Crippen LogP contribution in [-0.2, 0) is 9.59 Å². The first-order valence-corrected chi connectivity index (χ1v) is 3.83. The van der Waals surface area contributed by atoms with Crippen molar-refractivity contribution in [2.24, 2.45) is 5.73 Å². The number of aldehydes is 2. The fraction of sp³-hybridized carbons (Fsp3) is 0.667. The lowest BCUT2D eigenvalue weighted by Crippen LogP contribution is -1.97. The van der Waals surface area contributed by atoms with Crippen molar-refractivity contribution in [1.82, 2.24) is 0 Å². The van der Waals surface area contributed by atoms with Gasteiger partial charge in [-0.25, -0.2) is 0 Å². The monoisotopic (exact) mass is 209 g/mol. The molecule has 10 heavy (non-hydrogen) atoms. The van der Waals surface area contributed by atoms with Crippen LogP contribution in [0.25, 0.3) is 0 Å². The maximum atomic E-state index is 9.85. The van der Waals surface area contributed by atoms with E-state index < -0.39 is 0 Å². The molecule has 0 spiro atoms. The van der Waals surface area contributed by atoms with E-state index in [1.165, 1.54) is 7.05 Å². The minimum Gasteiger partial charge on any atom is -0.333 e. The summed E-state index contributed by atoms with van der Waals surface area (Å²) in [7, 11) is 1.50. The number of carbonyl (C=O) groups is 2.